The van der Waals surface area contributed by atoms with Crippen LogP contribution in [0.5, 0.6) is 5.75 Å². The van der Waals surface area contributed by atoms with Crippen LogP contribution in [0.1, 0.15) is 19.4 Å². The van der Waals surface area contributed by atoms with Gasteiger partial charge < -0.3 is 9.47 Å². The average Bonchev–Trinajstić information content (AvgIpc) is 3.01. The minimum Gasteiger partial charge on any atom is -0.485 e. The van der Waals surface area contributed by atoms with E-state index in [-0.39, 0.29) is 11.7 Å². The van der Waals surface area contributed by atoms with E-state index in [1.807, 2.05) is 38.1 Å². The maximum atomic E-state index is 8.63. The summed E-state index contributed by atoms with van der Waals surface area (Å²) in [4.78, 5) is 0. The third-order valence-corrected chi connectivity index (χ3v) is 2.67. The topological polar surface area (TPSA) is 45.5 Å². The van der Waals surface area contributed by atoms with Crippen molar-refractivity contribution in [3.05, 3.63) is 29.8 Å². The minimum atomic E-state index is -0.300. The lowest BCUT2D eigenvalue weighted by atomic mass is 10.1. The van der Waals surface area contributed by atoms with Gasteiger partial charge in [0.15, 0.2) is 0 Å². The highest BCUT2D eigenvalue weighted by molar-refractivity contribution is 5.30. The van der Waals surface area contributed by atoms with Gasteiger partial charge in [-0.05, 0) is 31.5 Å². The molecule has 0 amide bonds. The largest absolute Gasteiger partial charge is 0.485 e. The van der Waals surface area contributed by atoms with Crippen molar-refractivity contribution in [2.45, 2.75) is 32.0 Å². The first kappa shape index (κ1) is 11.0. The molecule has 1 saturated heterocycles. The van der Waals surface area contributed by atoms with Gasteiger partial charge in [0.1, 0.15) is 17.5 Å². The Bertz CT molecular complexity index is 416. The van der Waals surface area contributed by atoms with Crippen LogP contribution in [0.25, 0.3) is 0 Å². The van der Waals surface area contributed by atoms with Crippen LogP contribution in [-0.4, -0.2) is 18.3 Å². The molecule has 1 aliphatic rings. The van der Waals surface area contributed by atoms with E-state index < -0.39 is 0 Å². The number of nitriles is 1. The van der Waals surface area contributed by atoms with Gasteiger partial charge in [0, 0.05) is 0 Å². The normalized spacial score (nSPS) is 18.9. The molecule has 1 unspecified atom stereocenters. The Labute approximate surface area is 95.6 Å². The fourth-order valence-electron chi connectivity index (χ4n) is 1.63. The fraction of sp³-hybridized carbons (Fsp3) is 0.462. The van der Waals surface area contributed by atoms with Gasteiger partial charge in [0.05, 0.1) is 19.1 Å². The van der Waals surface area contributed by atoms with Crippen LogP contribution in [0.15, 0.2) is 24.3 Å². The van der Waals surface area contributed by atoms with E-state index in [1.54, 1.807) is 0 Å². The molecule has 0 radical (unpaired) electrons. The zero-order valence-electron chi connectivity index (χ0n) is 9.56. The molecular formula is C13H15NO2. The minimum absolute atomic E-state index is 0.187. The van der Waals surface area contributed by atoms with Gasteiger partial charge in [-0.2, -0.15) is 5.26 Å². The summed E-state index contributed by atoms with van der Waals surface area (Å²) in [5.41, 5.74) is 0.679. The Morgan fingerprint density at radius 3 is 2.94 bits per heavy atom. The van der Waals surface area contributed by atoms with E-state index in [4.69, 9.17) is 14.7 Å². The number of benzene rings is 1. The lowest BCUT2D eigenvalue weighted by molar-refractivity contribution is 0.0743. The Morgan fingerprint density at radius 1 is 1.56 bits per heavy atom. The third-order valence-electron chi connectivity index (χ3n) is 2.67. The van der Waals surface area contributed by atoms with Gasteiger partial charge in [-0.25, -0.2) is 0 Å². The Morgan fingerprint density at radius 2 is 2.31 bits per heavy atom. The molecule has 2 rings (SSSR count). The van der Waals surface area contributed by atoms with Gasteiger partial charge in [-0.1, -0.05) is 12.1 Å². The summed E-state index contributed by atoms with van der Waals surface area (Å²) in [6, 6.07) is 9.78. The Kier molecular flexibility index (Phi) is 2.84. The summed E-state index contributed by atoms with van der Waals surface area (Å²) < 4.78 is 11.1. The molecular weight excluding hydrogens is 202 g/mol. The van der Waals surface area contributed by atoms with E-state index in [2.05, 4.69) is 6.07 Å². The van der Waals surface area contributed by atoms with Gasteiger partial charge >= 0.3 is 0 Å². The SMILES string of the molecule is CC(C)(Oc1cccc(CC#N)c1)C1CO1. The molecule has 0 spiro atoms. The van der Waals surface area contributed by atoms with Crippen LogP contribution in [0, 0.1) is 11.3 Å². The maximum absolute atomic E-state index is 8.63. The van der Waals surface area contributed by atoms with Gasteiger partial charge in [0.25, 0.3) is 0 Å². The molecule has 0 saturated carbocycles. The highest BCUT2D eigenvalue weighted by Gasteiger charge is 2.41. The Balaban J connectivity index is 2.09. The monoisotopic (exact) mass is 217 g/mol. The van der Waals surface area contributed by atoms with Gasteiger partial charge in [0.2, 0.25) is 0 Å². The molecule has 0 aromatic heterocycles. The summed E-state index contributed by atoms with van der Waals surface area (Å²) in [6.45, 7) is 4.80. The molecule has 3 heteroatoms. The number of rotatable bonds is 4. The van der Waals surface area contributed by atoms with Crippen LogP contribution in [0.2, 0.25) is 0 Å². The molecule has 1 aliphatic heterocycles. The third kappa shape index (κ3) is 2.53. The van der Waals surface area contributed by atoms with Crippen molar-refractivity contribution in [2.24, 2.45) is 0 Å². The van der Waals surface area contributed by atoms with Crippen LogP contribution >= 0.6 is 0 Å². The van der Waals surface area contributed by atoms with Crippen molar-refractivity contribution in [2.75, 3.05) is 6.61 Å². The molecule has 1 fully saturated rings. The average molecular weight is 217 g/mol. The maximum Gasteiger partial charge on any atom is 0.132 e. The molecule has 0 bridgehead atoms. The van der Waals surface area contributed by atoms with Gasteiger partial charge in [-0.15, -0.1) is 0 Å². The summed E-state index contributed by atoms with van der Waals surface area (Å²) in [5.74, 6) is 0.799. The van der Waals surface area contributed by atoms with E-state index in [0.29, 0.717) is 6.42 Å². The van der Waals surface area contributed by atoms with Crippen LogP contribution < -0.4 is 4.74 Å². The van der Waals surface area contributed by atoms with E-state index >= 15 is 0 Å². The first-order chi connectivity index (χ1) is 7.62. The zero-order valence-corrected chi connectivity index (χ0v) is 9.56. The lowest BCUT2D eigenvalue weighted by Gasteiger charge is -2.24. The lowest BCUT2D eigenvalue weighted by Crippen LogP contribution is -2.34. The number of ether oxygens (including phenoxy) is 2. The van der Waals surface area contributed by atoms with Crippen LogP contribution in [0.4, 0.5) is 0 Å². The van der Waals surface area contributed by atoms with Crippen molar-refractivity contribution in [1.82, 2.24) is 0 Å². The molecule has 3 nitrogen and oxygen atoms in total. The van der Waals surface area contributed by atoms with Crippen molar-refractivity contribution < 1.29 is 9.47 Å². The predicted molar refractivity (Wildman–Crippen MR) is 60.2 cm³/mol. The zero-order chi connectivity index (χ0) is 11.6. The molecule has 84 valence electrons. The quantitative estimate of drug-likeness (QED) is 0.727. The first-order valence-corrected chi connectivity index (χ1v) is 5.38. The van der Waals surface area contributed by atoms with Gasteiger partial charge in [-0.3, -0.25) is 0 Å². The van der Waals surface area contributed by atoms with Crippen molar-refractivity contribution in [1.29, 1.82) is 5.26 Å². The smallest absolute Gasteiger partial charge is 0.132 e. The molecule has 1 aromatic rings. The molecule has 1 atom stereocenters. The number of hydrogen-bond donors (Lipinski definition) is 0. The van der Waals surface area contributed by atoms with E-state index in [0.717, 1.165) is 17.9 Å². The van der Waals surface area contributed by atoms with Crippen molar-refractivity contribution in [3.63, 3.8) is 0 Å². The Hall–Kier alpha value is -1.53. The summed E-state index contributed by atoms with van der Waals surface area (Å²) >= 11 is 0. The molecule has 0 aliphatic carbocycles. The molecule has 1 heterocycles. The first-order valence-electron chi connectivity index (χ1n) is 5.38. The van der Waals surface area contributed by atoms with E-state index in [1.165, 1.54) is 0 Å². The number of epoxide rings is 1. The summed E-state index contributed by atoms with van der Waals surface area (Å²) in [6.07, 6.45) is 0.601. The van der Waals surface area contributed by atoms with E-state index in [9.17, 15) is 0 Å². The van der Waals surface area contributed by atoms with Crippen LogP contribution in [0.3, 0.4) is 0 Å². The second-order valence-corrected chi connectivity index (χ2v) is 4.51. The molecule has 1 aromatic carbocycles. The highest BCUT2D eigenvalue weighted by atomic mass is 16.6. The second kappa shape index (κ2) is 4.15. The standard InChI is InChI=1S/C13H15NO2/c1-13(2,12-9-15-12)16-11-5-3-4-10(8-11)6-7-14/h3-5,8,12H,6,9H2,1-2H3. The fourth-order valence-corrected chi connectivity index (χ4v) is 1.63. The number of hydrogen-bond acceptors (Lipinski definition) is 3. The number of nitrogens with zero attached hydrogens (tertiary/aromatic N) is 1. The predicted octanol–water partition coefficient (Wildman–Crippen LogP) is 2.31. The van der Waals surface area contributed by atoms with Crippen molar-refractivity contribution >= 4 is 0 Å². The van der Waals surface area contributed by atoms with Crippen LogP contribution in [-0.2, 0) is 11.2 Å². The summed E-state index contributed by atoms with van der Waals surface area (Å²) in [7, 11) is 0. The molecule has 16 heavy (non-hydrogen) atoms. The van der Waals surface area contributed by atoms with Crippen molar-refractivity contribution in [3.8, 4) is 11.8 Å². The summed E-state index contributed by atoms with van der Waals surface area (Å²) in [5, 5.41) is 8.63. The molecule has 0 N–H and O–H groups in total. The highest BCUT2D eigenvalue weighted by Crippen LogP contribution is 2.29. The second-order valence-electron chi connectivity index (χ2n) is 4.51.